The van der Waals surface area contributed by atoms with E-state index in [1.807, 2.05) is 19.9 Å². The van der Waals surface area contributed by atoms with Crippen molar-refractivity contribution in [3.8, 4) is 0 Å². The summed E-state index contributed by atoms with van der Waals surface area (Å²) >= 11 is 0. The lowest BCUT2D eigenvalue weighted by Gasteiger charge is -2.09. The van der Waals surface area contributed by atoms with Gasteiger partial charge in [0.05, 0.1) is 0 Å². The summed E-state index contributed by atoms with van der Waals surface area (Å²) in [5, 5.41) is 0. The number of carbonyl (C=O) groups is 1. The van der Waals surface area contributed by atoms with Crippen molar-refractivity contribution in [1.82, 2.24) is 4.57 Å². The summed E-state index contributed by atoms with van der Waals surface area (Å²) in [5.41, 5.74) is 3.01. The van der Waals surface area contributed by atoms with Crippen molar-refractivity contribution < 1.29 is 9.53 Å². The van der Waals surface area contributed by atoms with E-state index in [0.29, 0.717) is 0 Å². The predicted octanol–water partition coefficient (Wildman–Crippen LogP) is 3.12. The molecule has 0 spiro atoms. The Hall–Kier alpha value is -1.09. The van der Waals surface area contributed by atoms with Gasteiger partial charge in [0, 0.05) is 36.7 Å². The van der Waals surface area contributed by atoms with Gasteiger partial charge in [-0.05, 0) is 32.8 Å². The predicted molar refractivity (Wildman–Crippen MR) is 69.6 cm³/mol. The molecule has 0 aliphatic heterocycles. The highest BCUT2D eigenvalue weighted by Crippen LogP contribution is 2.13. The SMILES string of the molecule is CCCCOCCCn1c(C)cc(C=O)c1C. The van der Waals surface area contributed by atoms with Gasteiger partial charge in [-0.25, -0.2) is 0 Å². The molecular formula is C14H23NO2. The number of aryl methyl sites for hydroxylation is 1. The molecule has 0 bridgehead atoms. The Bertz CT molecular complexity index is 355. The van der Waals surface area contributed by atoms with Crippen LogP contribution in [0, 0.1) is 13.8 Å². The van der Waals surface area contributed by atoms with E-state index in [1.54, 1.807) is 0 Å². The number of hydrogen-bond acceptors (Lipinski definition) is 2. The van der Waals surface area contributed by atoms with E-state index in [0.717, 1.165) is 55.8 Å². The molecule has 0 amide bonds. The van der Waals surface area contributed by atoms with E-state index < -0.39 is 0 Å². The highest BCUT2D eigenvalue weighted by Gasteiger charge is 2.07. The zero-order valence-electron chi connectivity index (χ0n) is 11.2. The smallest absolute Gasteiger partial charge is 0.151 e. The number of nitrogens with zero attached hydrogens (tertiary/aromatic N) is 1. The standard InChI is InChI=1S/C14H23NO2/c1-4-5-8-17-9-6-7-15-12(2)10-14(11-16)13(15)3/h10-11H,4-9H2,1-3H3. The molecular weight excluding hydrogens is 214 g/mol. The first kappa shape index (κ1) is 14.0. The Morgan fingerprint density at radius 3 is 2.59 bits per heavy atom. The molecule has 0 radical (unpaired) electrons. The summed E-state index contributed by atoms with van der Waals surface area (Å²) in [7, 11) is 0. The first-order valence-corrected chi connectivity index (χ1v) is 6.40. The molecule has 96 valence electrons. The van der Waals surface area contributed by atoms with E-state index in [1.165, 1.54) is 6.42 Å². The first-order valence-electron chi connectivity index (χ1n) is 6.40. The Labute approximate surface area is 104 Å². The molecule has 1 aromatic rings. The van der Waals surface area contributed by atoms with Crippen LogP contribution in [-0.2, 0) is 11.3 Å². The van der Waals surface area contributed by atoms with Gasteiger partial charge in [0.2, 0.25) is 0 Å². The Kier molecular flexibility index (Phi) is 5.98. The minimum absolute atomic E-state index is 0.799. The summed E-state index contributed by atoms with van der Waals surface area (Å²) in [6.45, 7) is 8.79. The van der Waals surface area contributed by atoms with Gasteiger partial charge in [0.15, 0.2) is 6.29 Å². The number of aromatic nitrogens is 1. The van der Waals surface area contributed by atoms with Gasteiger partial charge in [0.25, 0.3) is 0 Å². The van der Waals surface area contributed by atoms with Crippen molar-refractivity contribution >= 4 is 6.29 Å². The normalized spacial score (nSPS) is 10.8. The fourth-order valence-corrected chi connectivity index (χ4v) is 1.96. The van der Waals surface area contributed by atoms with Crippen molar-refractivity contribution in [2.75, 3.05) is 13.2 Å². The molecule has 1 aromatic heterocycles. The molecule has 1 rings (SSSR count). The molecule has 0 unspecified atom stereocenters. The molecule has 0 atom stereocenters. The van der Waals surface area contributed by atoms with Crippen LogP contribution in [0.2, 0.25) is 0 Å². The number of rotatable bonds is 8. The summed E-state index contributed by atoms with van der Waals surface area (Å²) < 4.78 is 7.71. The average Bonchev–Trinajstić information content (AvgIpc) is 2.60. The fraction of sp³-hybridized carbons (Fsp3) is 0.643. The fourth-order valence-electron chi connectivity index (χ4n) is 1.96. The Morgan fingerprint density at radius 2 is 2.00 bits per heavy atom. The average molecular weight is 237 g/mol. The van der Waals surface area contributed by atoms with Crippen LogP contribution in [0.4, 0.5) is 0 Å². The van der Waals surface area contributed by atoms with Crippen LogP contribution in [0.1, 0.15) is 47.9 Å². The molecule has 0 aliphatic rings. The highest BCUT2D eigenvalue weighted by molar-refractivity contribution is 5.77. The third-order valence-electron chi connectivity index (χ3n) is 3.05. The maximum atomic E-state index is 10.8. The summed E-state index contributed by atoms with van der Waals surface area (Å²) in [5.74, 6) is 0. The van der Waals surface area contributed by atoms with Crippen LogP contribution in [0.3, 0.4) is 0 Å². The number of aldehydes is 1. The third kappa shape index (κ3) is 4.00. The minimum Gasteiger partial charge on any atom is -0.381 e. The first-order chi connectivity index (χ1) is 8.20. The third-order valence-corrected chi connectivity index (χ3v) is 3.05. The maximum absolute atomic E-state index is 10.8. The van der Waals surface area contributed by atoms with Crippen molar-refractivity contribution in [3.63, 3.8) is 0 Å². The maximum Gasteiger partial charge on any atom is 0.151 e. The van der Waals surface area contributed by atoms with E-state index in [9.17, 15) is 4.79 Å². The monoisotopic (exact) mass is 237 g/mol. The molecule has 0 saturated carbocycles. The second-order valence-corrected chi connectivity index (χ2v) is 4.42. The largest absolute Gasteiger partial charge is 0.381 e. The quantitative estimate of drug-likeness (QED) is 0.514. The van der Waals surface area contributed by atoms with Gasteiger partial charge in [-0.15, -0.1) is 0 Å². The second-order valence-electron chi connectivity index (χ2n) is 4.42. The van der Waals surface area contributed by atoms with E-state index in [2.05, 4.69) is 11.5 Å². The molecule has 0 aromatic carbocycles. The molecule has 0 N–H and O–H groups in total. The lowest BCUT2D eigenvalue weighted by Crippen LogP contribution is -2.06. The lowest BCUT2D eigenvalue weighted by atomic mass is 10.3. The van der Waals surface area contributed by atoms with Gasteiger partial charge in [-0.1, -0.05) is 13.3 Å². The molecule has 3 heteroatoms. The summed E-state index contributed by atoms with van der Waals surface area (Å²) in [6, 6.07) is 1.94. The van der Waals surface area contributed by atoms with Gasteiger partial charge >= 0.3 is 0 Å². The number of hydrogen-bond donors (Lipinski definition) is 0. The molecule has 0 saturated heterocycles. The molecule has 0 aliphatic carbocycles. The van der Waals surface area contributed by atoms with Crippen LogP contribution < -0.4 is 0 Å². The van der Waals surface area contributed by atoms with Crippen LogP contribution in [0.25, 0.3) is 0 Å². The Balaban J connectivity index is 2.36. The van der Waals surface area contributed by atoms with Crippen molar-refractivity contribution in [2.45, 2.75) is 46.6 Å². The Morgan fingerprint density at radius 1 is 1.29 bits per heavy atom. The molecule has 17 heavy (non-hydrogen) atoms. The summed E-state index contributed by atoms with van der Waals surface area (Å²) in [4.78, 5) is 10.8. The van der Waals surface area contributed by atoms with Crippen molar-refractivity contribution in [2.24, 2.45) is 0 Å². The van der Waals surface area contributed by atoms with Gasteiger partial charge in [-0.2, -0.15) is 0 Å². The molecule has 3 nitrogen and oxygen atoms in total. The van der Waals surface area contributed by atoms with Crippen molar-refractivity contribution in [1.29, 1.82) is 0 Å². The summed E-state index contributed by atoms with van der Waals surface area (Å²) in [6.07, 6.45) is 4.24. The van der Waals surface area contributed by atoms with E-state index >= 15 is 0 Å². The van der Waals surface area contributed by atoms with E-state index in [-0.39, 0.29) is 0 Å². The zero-order chi connectivity index (χ0) is 12.7. The van der Waals surface area contributed by atoms with Gasteiger partial charge < -0.3 is 9.30 Å². The zero-order valence-corrected chi connectivity index (χ0v) is 11.2. The van der Waals surface area contributed by atoms with Crippen molar-refractivity contribution in [3.05, 3.63) is 23.0 Å². The second kappa shape index (κ2) is 7.28. The van der Waals surface area contributed by atoms with Crippen LogP contribution in [0.15, 0.2) is 6.07 Å². The van der Waals surface area contributed by atoms with Gasteiger partial charge in [-0.3, -0.25) is 4.79 Å². The van der Waals surface area contributed by atoms with Crippen LogP contribution in [0.5, 0.6) is 0 Å². The topological polar surface area (TPSA) is 31.2 Å². The van der Waals surface area contributed by atoms with Gasteiger partial charge in [0.1, 0.15) is 0 Å². The molecule has 1 heterocycles. The minimum atomic E-state index is 0.799. The highest BCUT2D eigenvalue weighted by atomic mass is 16.5. The lowest BCUT2D eigenvalue weighted by molar-refractivity contribution is 0.112. The number of unbranched alkanes of at least 4 members (excludes halogenated alkanes) is 1. The van der Waals surface area contributed by atoms with Crippen LogP contribution in [-0.4, -0.2) is 24.1 Å². The van der Waals surface area contributed by atoms with Crippen LogP contribution >= 0.6 is 0 Å². The van der Waals surface area contributed by atoms with E-state index in [4.69, 9.17) is 4.74 Å². The number of ether oxygens (including phenoxy) is 1. The number of carbonyl (C=O) groups excluding carboxylic acids is 1. The molecule has 0 fully saturated rings.